The van der Waals surface area contributed by atoms with Gasteiger partial charge in [0.2, 0.25) is 0 Å². The molecule has 1 heterocycles. The Bertz CT molecular complexity index is 948. The molecule has 0 saturated heterocycles. The van der Waals surface area contributed by atoms with Gasteiger partial charge in [0, 0.05) is 25.3 Å². The molecule has 1 aromatic heterocycles. The number of hydrogen-bond acceptors (Lipinski definition) is 7. The first-order valence-electron chi connectivity index (χ1n) is 8.55. The van der Waals surface area contributed by atoms with Gasteiger partial charge in [-0.3, -0.25) is 29.2 Å². The van der Waals surface area contributed by atoms with Crippen LogP contribution in [0, 0.1) is 24.0 Å². The second-order valence-electron chi connectivity index (χ2n) is 6.42. The van der Waals surface area contributed by atoms with Gasteiger partial charge in [0.1, 0.15) is 17.9 Å². The van der Waals surface area contributed by atoms with Crippen molar-refractivity contribution in [1.82, 2.24) is 14.7 Å². The first-order chi connectivity index (χ1) is 13.6. The van der Waals surface area contributed by atoms with Gasteiger partial charge in [-0.25, -0.2) is 0 Å². The van der Waals surface area contributed by atoms with Gasteiger partial charge in [0.05, 0.1) is 4.92 Å². The highest BCUT2D eigenvalue weighted by molar-refractivity contribution is 5.96. The van der Waals surface area contributed by atoms with Crippen molar-refractivity contribution in [3.05, 3.63) is 51.3 Å². The van der Waals surface area contributed by atoms with E-state index in [0.29, 0.717) is 11.3 Å². The zero-order chi connectivity index (χ0) is 21.7. The maximum absolute atomic E-state index is 11.9. The van der Waals surface area contributed by atoms with Crippen LogP contribution in [0.15, 0.2) is 24.3 Å². The molecule has 0 bridgehead atoms. The van der Waals surface area contributed by atoms with Crippen LogP contribution in [-0.4, -0.2) is 58.1 Å². The summed E-state index contributed by atoms with van der Waals surface area (Å²) < 4.78 is 6.06. The maximum Gasteiger partial charge on any atom is 0.328 e. The predicted molar refractivity (Wildman–Crippen MR) is 102 cm³/mol. The van der Waals surface area contributed by atoms with Crippen molar-refractivity contribution < 1.29 is 24.0 Å². The zero-order valence-electron chi connectivity index (χ0n) is 16.5. The van der Waals surface area contributed by atoms with Gasteiger partial charge in [-0.2, -0.15) is 5.10 Å². The molecule has 0 radical (unpaired) electrons. The van der Waals surface area contributed by atoms with Crippen LogP contribution in [0.4, 0.5) is 11.4 Å². The van der Waals surface area contributed by atoms with E-state index in [0.717, 1.165) is 4.68 Å². The number of carbonyl (C=O) groups is 3. The van der Waals surface area contributed by atoms with Gasteiger partial charge in [0.25, 0.3) is 11.8 Å². The van der Waals surface area contributed by atoms with Crippen molar-refractivity contribution >= 4 is 29.2 Å². The number of esters is 1. The molecule has 0 aliphatic heterocycles. The van der Waals surface area contributed by atoms with Crippen LogP contribution < -0.4 is 5.32 Å². The van der Waals surface area contributed by atoms with Crippen LogP contribution in [-0.2, 0) is 20.9 Å². The molecule has 1 N–H and O–H groups in total. The average Bonchev–Trinajstić information content (AvgIpc) is 2.93. The quantitative estimate of drug-likeness (QED) is 0.418. The van der Waals surface area contributed by atoms with E-state index in [1.54, 1.807) is 38.4 Å². The number of nitrogens with one attached hydrogen (secondary N) is 1. The number of anilines is 1. The summed E-state index contributed by atoms with van der Waals surface area (Å²) in [5.41, 5.74) is 1.16. The molecule has 0 aliphatic rings. The van der Waals surface area contributed by atoms with Crippen molar-refractivity contribution in [1.29, 1.82) is 0 Å². The number of rotatable bonds is 7. The van der Waals surface area contributed by atoms with Crippen LogP contribution in [0.25, 0.3) is 0 Å². The summed E-state index contributed by atoms with van der Waals surface area (Å²) in [6, 6.07) is 6.26. The topological polar surface area (TPSA) is 137 Å². The van der Waals surface area contributed by atoms with Gasteiger partial charge < -0.3 is 15.0 Å². The van der Waals surface area contributed by atoms with Crippen molar-refractivity contribution in [2.75, 3.05) is 26.0 Å². The SMILES string of the molecule is Cc1nn(CC(=O)OCC(=O)Nc2ccc(C(=O)N(C)C)cc2)c(C)c1[N+](=O)[O-]. The van der Waals surface area contributed by atoms with Crippen LogP contribution >= 0.6 is 0 Å². The molecule has 29 heavy (non-hydrogen) atoms. The first-order valence-corrected chi connectivity index (χ1v) is 8.55. The molecule has 0 aliphatic carbocycles. The fourth-order valence-corrected chi connectivity index (χ4v) is 2.57. The number of ether oxygens (including phenoxy) is 1. The molecule has 0 fully saturated rings. The van der Waals surface area contributed by atoms with Gasteiger partial charge in [0.15, 0.2) is 6.61 Å². The van der Waals surface area contributed by atoms with Gasteiger partial charge >= 0.3 is 11.7 Å². The molecule has 1 aromatic carbocycles. The van der Waals surface area contributed by atoms with E-state index in [9.17, 15) is 24.5 Å². The number of nitro groups is 1. The van der Waals surface area contributed by atoms with E-state index in [4.69, 9.17) is 4.74 Å². The molecule has 2 amide bonds. The molecule has 0 saturated carbocycles. The molecular weight excluding hydrogens is 382 g/mol. The van der Waals surface area contributed by atoms with E-state index in [1.807, 2.05) is 0 Å². The molecule has 0 spiro atoms. The Hall–Kier alpha value is -3.76. The van der Waals surface area contributed by atoms with Crippen molar-refractivity contribution in [3.8, 4) is 0 Å². The molecule has 11 nitrogen and oxygen atoms in total. The lowest BCUT2D eigenvalue weighted by molar-refractivity contribution is -0.386. The fraction of sp³-hybridized carbons (Fsp3) is 0.333. The third kappa shape index (κ3) is 5.37. The molecule has 0 atom stereocenters. The van der Waals surface area contributed by atoms with Gasteiger partial charge in [-0.15, -0.1) is 0 Å². The van der Waals surface area contributed by atoms with E-state index >= 15 is 0 Å². The summed E-state index contributed by atoms with van der Waals surface area (Å²) in [5.74, 6) is -1.49. The number of carbonyl (C=O) groups excluding carboxylic acids is 3. The van der Waals surface area contributed by atoms with Crippen LogP contribution in [0.5, 0.6) is 0 Å². The summed E-state index contributed by atoms with van der Waals surface area (Å²) in [5, 5.41) is 17.5. The van der Waals surface area contributed by atoms with E-state index in [2.05, 4.69) is 10.4 Å². The lowest BCUT2D eigenvalue weighted by atomic mass is 10.2. The van der Waals surface area contributed by atoms with E-state index < -0.39 is 23.4 Å². The third-order valence-corrected chi connectivity index (χ3v) is 3.99. The highest BCUT2D eigenvalue weighted by Crippen LogP contribution is 2.21. The Morgan fingerprint density at radius 3 is 2.34 bits per heavy atom. The fourth-order valence-electron chi connectivity index (χ4n) is 2.57. The number of nitrogens with zero attached hydrogens (tertiary/aromatic N) is 4. The Labute approximate surface area is 166 Å². The molecular formula is C18H21N5O6. The number of benzene rings is 1. The van der Waals surface area contributed by atoms with E-state index in [-0.39, 0.29) is 29.5 Å². The first kappa shape index (κ1) is 21.5. The molecule has 2 aromatic rings. The Morgan fingerprint density at radius 1 is 1.21 bits per heavy atom. The van der Waals surface area contributed by atoms with Crippen LogP contribution in [0.3, 0.4) is 0 Å². The normalized spacial score (nSPS) is 10.3. The Morgan fingerprint density at radius 2 is 1.83 bits per heavy atom. The van der Waals surface area contributed by atoms with Gasteiger partial charge in [-0.1, -0.05) is 0 Å². The second kappa shape index (κ2) is 8.95. The van der Waals surface area contributed by atoms with Gasteiger partial charge in [-0.05, 0) is 38.1 Å². The minimum atomic E-state index is -0.757. The van der Waals surface area contributed by atoms with Crippen LogP contribution in [0.2, 0.25) is 0 Å². The zero-order valence-corrected chi connectivity index (χ0v) is 16.5. The summed E-state index contributed by atoms with van der Waals surface area (Å²) in [6.07, 6.45) is 0. The third-order valence-electron chi connectivity index (χ3n) is 3.99. The number of aryl methyl sites for hydroxylation is 1. The number of amides is 2. The highest BCUT2D eigenvalue weighted by atomic mass is 16.6. The van der Waals surface area contributed by atoms with E-state index in [1.165, 1.54) is 18.7 Å². The largest absolute Gasteiger partial charge is 0.454 e. The molecule has 0 unspecified atom stereocenters. The van der Waals surface area contributed by atoms with Crippen LogP contribution in [0.1, 0.15) is 21.7 Å². The molecule has 2 rings (SSSR count). The summed E-state index contributed by atoms with van der Waals surface area (Å²) in [6.45, 7) is 2.06. The maximum atomic E-state index is 11.9. The summed E-state index contributed by atoms with van der Waals surface area (Å²) >= 11 is 0. The minimum absolute atomic E-state index is 0.160. The van der Waals surface area contributed by atoms with Crippen molar-refractivity contribution in [2.45, 2.75) is 20.4 Å². The Kier molecular flexibility index (Phi) is 6.65. The minimum Gasteiger partial charge on any atom is -0.454 e. The Balaban J connectivity index is 1.88. The number of hydrogen-bond donors (Lipinski definition) is 1. The van der Waals surface area contributed by atoms with Crippen molar-refractivity contribution in [2.24, 2.45) is 0 Å². The summed E-state index contributed by atoms with van der Waals surface area (Å²) in [7, 11) is 3.27. The van der Waals surface area contributed by atoms with Crippen molar-refractivity contribution in [3.63, 3.8) is 0 Å². The smallest absolute Gasteiger partial charge is 0.328 e. The average molecular weight is 403 g/mol. The lowest BCUT2D eigenvalue weighted by Gasteiger charge is -2.11. The lowest BCUT2D eigenvalue weighted by Crippen LogP contribution is -2.24. The summed E-state index contributed by atoms with van der Waals surface area (Å²) in [4.78, 5) is 47.5. The second-order valence-corrected chi connectivity index (χ2v) is 6.42. The number of aromatic nitrogens is 2. The monoisotopic (exact) mass is 403 g/mol. The predicted octanol–water partition coefficient (Wildman–Crippen LogP) is 1.29. The highest BCUT2D eigenvalue weighted by Gasteiger charge is 2.23. The standard InChI is InChI=1S/C18H21N5O6/c1-11-17(23(27)28)12(2)22(20-11)9-16(25)29-10-15(24)19-14-7-5-13(6-8-14)18(26)21(3)4/h5-8H,9-10H2,1-4H3,(H,19,24). The molecule has 154 valence electrons. The molecule has 11 heteroatoms.